The van der Waals surface area contributed by atoms with Crippen molar-refractivity contribution in [3.8, 4) is 0 Å². The zero-order chi connectivity index (χ0) is 12.2. The van der Waals surface area contributed by atoms with Gasteiger partial charge in [0, 0.05) is 6.04 Å². The molecule has 0 heterocycles. The molecular weight excluding hydrogens is 234 g/mol. The van der Waals surface area contributed by atoms with E-state index in [1.165, 1.54) is 0 Å². The van der Waals surface area contributed by atoms with E-state index in [1.807, 2.05) is 0 Å². The van der Waals surface area contributed by atoms with Crippen molar-refractivity contribution in [2.24, 2.45) is 0 Å². The van der Waals surface area contributed by atoms with Gasteiger partial charge in [-0.2, -0.15) is 0 Å². The van der Waals surface area contributed by atoms with Crippen LogP contribution in [0.2, 0.25) is 0 Å². The standard InChI is InChI=1S/C9H17NO5S/c1-2-15-9(12)3-4-16(13,14)10-7-5-8(11)6-7/h7-8,10-11H,2-6H2,1H3. The lowest BCUT2D eigenvalue weighted by Gasteiger charge is -2.31. The van der Waals surface area contributed by atoms with E-state index in [0.29, 0.717) is 12.8 Å². The summed E-state index contributed by atoms with van der Waals surface area (Å²) in [6, 6.07) is -0.192. The van der Waals surface area contributed by atoms with Gasteiger partial charge in [0.15, 0.2) is 0 Å². The molecule has 0 unspecified atom stereocenters. The van der Waals surface area contributed by atoms with Crippen molar-refractivity contribution in [2.45, 2.75) is 38.3 Å². The molecule has 0 aliphatic heterocycles. The highest BCUT2D eigenvalue weighted by Crippen LogP contribution is 2.20. The first-order valence-electron chi connectivity index (χ1n) is 5.26. The summed E-state index contributed by atoms with van der Waals surface area (Å²) < 4.78 is 30.0. The van der Waals surface area contributed by atoms with Gasteiger partial charge in [-0.3, -0.25) is 4.79 Å². The van der Waals surface area contributed by atoms with Crippen molar-refractivity contribution in [1.82, 2.24) is 4.72 Å². The number of carbonyl (C=O) groups excluding carboxylic acids is 1. The maximum absolute atomic E-state index is 11.4. The van der Waals surface area contributed by atoms with Crippen LogP contribution < -0.4 is 4.72 Å². The predicted molar refractivity (Wildman–Crippen MR) is 57.2 cm³/mol. The van der Waals surface area contributed by atoms with Gasteiger partial charge in [0.1, 0.15) is 0 Å². The monoisotopic (exact) mass is 251 g/mol. The second-order valence-corrected chi connectivity index (χ2v) is 5.69. The van der Waals surface area contributed by atoms with E-state index in [1.54, 1.807) is 6.92 Å². The van der Waals surface area contributed by atoms with Gasteiger partial charge >= 0.3 is 5.97 Å². The Bertz CT molecular complexity index is 334. The van der Waals surface area contributed by atoms with Crippen molar-refractivity contribution in [1.29, 1.82) is 0 Å². The van der Waals surface area contributed by atoms with Crippen molar-refractivity contribution in [3.05, 3.63) is 0 Å². The van der Waals surface area contributed by atoms with Crippen LogP contribution in [0.4, 0.5) is 0 Å². The summed E-state index contributed by atoms with van der Waals surface area (Å²) in [6.45, 7) is 1.92. The van der Waals surface area contributed by atoms with Crippen molar-refractivity contribution in [2.75, 3.05) is 12.4 Å². The molecule has 1 aliphatic rings. The van der Waals surface area contributed by atoms with E-state index in [4.69, 9.17) is 5.11 Å². The maximum Gasteiger partial charge on any atom is 0.306 e. The largest absolute Gasteiger partial charge is 0.466 e. The van der Waals surface area contributed by atoms with Gasteiger partial charge in [0.2, 0.25) is 10.0 Å². The van der Waals surface area contributed by atoms with E-state index < -0.39 is 22.1 Å². The van der Waals surface area contributed by atoms with Crippen LogP contribution in [0.1, 0.15) is 26.2 Å². The normalized spacial score (nSPS) is 24.9. The molecule has 7 heteroatoms. The second-order valence-electron chi connectivity index (χ2n) is 3.81. The number of nitrogens with one attached hydrogen (secondary N) is 1. The maximum atomic E-state index is 11.4. The Morgan fingerprint density at radius 3 is 2.62 bits per heavy atom. The minimum Gasteiger partial charge on any atom is -0.466 e. The summed E-state index contributed by atoms with van der Waals surface area (Å²) in [5, 5.41) is 8.99. The number of hydrogen-bond acceptors (Lipinski definition) is 5. The van der Waals surface area contributed by atoms with Gasteiger partial charge < -0.3 is 9.84 Å². The third kappa shape index (κ3) is 4.46. The molecule has 94 valence electrons. The molecule has 1 aliphatic carbocycles. The molecular formula is C9H17NO5S. The Kier molecular flexibility index (Phi) is 4.69. The molecule has 0 spiro atoms. The summed E-state index contributed by atoms with van der Waals surface area (Å²) in [4.78, 5) is 11.0. The van der Waals surface area contributed by atoms with Crippen LogP contribution in [0, 0.1) is 0 Å². The number of esters is 1. The third-order valence-corrected chi connectivity index (χ3v) is 3.77. The Balaban J connectivity index is 2.26. The summed E-state index contributed by atoms with van der Waals surface area (Å²) in [5.41, 5.74) is 0. The Morgan fingerprint density at radius 1 is 1.50 bits per heavy atom. The second kappa shape index (κ2) is 5.60. The quantitative estimate of drug-likeness (QED) is 0.614. The van der Waals surface area contributed by atoms with E-state index >= 15 is 0 Å². The molecule has 0 atom stereocenters. The van der Waals surface area contributed by atoms with Gasteiger partial charge in [-0.05, 0) is 19.8 Å². The molecule has 2 N–H and O–H groups in total. The zero-order valence-electron chi connectivity index (χ0n) is 9.18. The molecule has 16 heavy (non-hydrogen) atoms. The first-order chi connectivity index (χ1) is 7.43. The fourth-order valence-electron chi connectivity index (χ4n) is 1.45. The lowest BCUT2D eigenvalue weighted by Crippen LogP contribution is -2.47. The van der Waals surface area contributed by atoms with Gasteiger partial charge in [-0.1, -0.05) is 0 Å². The van der Waals surface area contributed by atoms with Crippen molar-refractivity contribution >= 4 is 16.0 Å². The molecule has 0 saturated heterocycles. The fourth-order valence-corrected chi connectivity index (χ4v) is 2.70. The highest BCUT2D eigenvalue weighted by molar-refractivity contribution is 7.89. The van der Waals surface area contributed by atoms with E-state index in [2.05, 4.69) is 9.46 Å². The molecule has 0 bridgehead atoms. The van der Waals surface area contributed by atoms with Gasteiger partial charge in [0.05, 0.1) is 24.9 Å². The number of rotatable bonds is 6. The highest BCUT2D eigenvalue weighted by atomic mass is 32.2. The smallest absolute Gasteiger partial charge is 0.306 e. The number of aliphatic hydroxyl groups is 1. The van der Waals surface area contributed by atoms with Crippen molar-refractivity contribution in [3.63, 3.8) is 0 Å². The van der Waals surface area contributed by atoms with E-state index in [-0.39, 0.29) is 24.8 Å². The number of ether oxygens (including phenoxy) is 1. The average molecular weight is 251 g/mol. The summed E-state index contributed by atoms with van der Waals surface area (Å²) in [6.07, 6.45) is 0.341. The molecule has 6 nitrogen and oxygen atoms in total. The Morgan fingerprint density at radius 2 is 2.12 bits per heavy atom. The minimum atomic E-state index is -3.44. The zero-order valence-corrected chi connectivity index (χ0v) is 10.00. The number of carbonyl (C=O) groups is 1. The van der Waals surface area contributed by atoms with E-state index in [9.17, 15) is 13.2 Å². The number of sulfonamides is 1. The lowest BCUT2D eigenvalue weighted by atomic mass is 9.91. The molecule has 0 radical (unpaired) electrons. The van der Waals surface area contributed by atoms with Crippen LogP contribution >= 0.6 is 0 Å². The van der Waals surface area contributed by atoms with Gasteiger partial charge in [0.25, 0.3) is 0 Å². The SMILES string of the molecule is CCOC(=O)CCS(=O)(=O)NC1CC(O)C1. The average Bonchev–Trinajstić information content (AvgIpc) is 2.13. The molecule has 1 rings (SSSR count). The van der Waals surface area contributed by atoms with Crippen molar-refractivity contribution < 1.29 is 23.1 Å². The van der Waals surface area contributed by atoms with Crippen LogP contribution in [0.3, 0.4) is 0 Å². The molecule has 0 aromatic heterocycles. The molecule has 1 fully saturated rings. The molecule has 1 saturated carbocycles. The number of aliphatic hydroxyl groups excluding tert-OH is 1. The van der Waals surface area contributed by atoms with E-state index in [0.717, 1.165) is 0 Å². The topological polar surface area (TPSA) is 92.7 Å². The predicted octanol–water partition coefficient (Wildman–Crippen LogP) is -0.618. The molecule has 0 aromatic rings. The minimum absolute atomic E-state index is 0.140. The molecule has 0 aromatic carbocycles. The van der Waals surface area contributed by atoms with Crippen LogP contribution in [0.5, 0.6) is 0 Å². The molecule has 0 amide bonds. The first kappa shape index (κ1) is 13.4. The van der Waals surface area contributed by atoms with Gasteiger partial charge in [-0.15, -0.1) is 0 Å². The van der Waals surface area contributed by atoms with Crippen LogP contribution in [0.25, 0.3) is 0 Å². The van der Waals surface area contributed by atoms with Crippen LogP contribution in [-0.2, 0) is 19.6 Å². The van der Waals surface area contributed by atoms with Gasteiger partial charge in [-0.25, -0.2) is 13.1 Å². The Hall–Kier alpha value is -0.660. The first-order valence-corrected chi connectivity index (χ1v) is 6.92. The third-order valence-electron chi connectivity index (χ3n) is 2.34. The number of hydrogen-bond donors (Lipinski definition) is 2. The summed E-state index contributed by atoms with van der Waals surface area (Å²) in [7, 11) is -3.44. The Labute approximate surface area is 95.0 Å². The highest BCUT2D eigenvalue weighted by Gasteiger charge is 2.30. The lowest BCUT2D eigenvalue weighted by molar-refractivity contribution is -0.142. The van der Waals surface area contributed by atoms with Crippen LogP contribution in [-0.4, -0.2) is 44.0 Å². The summed E-state index contributed by atoms with van der Waals surface area (Å²) >= 11 is 0. The fraction of sp³-hybridized carbons (Fsp3) is 0.889. The summed E-state index contributed by atoms with van der Waals surface area (Å²) in [5.74, 6) is -0.778. The van der Waals surface area contributed by atoms with Crippen LogP contribution in [0.15, 0.2) is 0 Å².